The van der Waals surface area contributed by atoms with Gasteiger partial charge >= 0.3 is 0 Å². The van der Waals surface area contributed by atoms with Gasteiger partial charge in [0.05, 0.1) is 5.60 Å². The van der Waals surface area contributed by atoms with Crippen molar-refractivity contribution in [2.45, 2.75) is 38.8 Å². The van der Waals surface area contributed by atoms with Gasteiger partial charge in [0.15, 0.2) is 0 Å². The van der Waals surface area contributed by atoms with Gasteiger partial charge < -0.3 is 15.3 Å². The van der Waals surface area contributed by atoms with E-state index in [9.17, 15) is 5.11 Å². The van der Waals surface area contributed by atoms with Gasteiger partial charge in [-0.2, -0.15) is 0 Å². The summed E-state index contributed by atoms with van der Waals surface area (Å²) < 4.78 is 0. The zero-order valence-electron chi connectivity index (χ0n) is 12.9. The van der Waals surface area contributed by atoms with Crippen molar-refractivity contribution in [3.05, 3.63) is 35.4 Å². The van der Waals surface area contributed by atoms with E-state index < -0.39 is 5.60 Å². The monoisotopic (exact) mass is 264 g/mol. The molecule has 3 nitrogen and oxygen atoms in total. The number of aliphatic hydroxyl groups is 1. The Balaban J connectivity index is 2.44. The molecule has 0 bridgehead atoms. The van der Waals surface area contributed by atoms with Crippen molar-refractivity contribution in [2.24, 2.45) is 0 Å². The van der Waals surface area contributed by atoms with E-state index in [1.165, 1.54) is 11.1 Å². The first-order valence-corrected chi connectivity index (χ1v) is 6.95. The predicted molar refractivity (Wildman–Crippen MR) is 81.5 cm³/mol. The second-order valence-corrected chi connectivity index (χ2v) is 6.15. The lowest BCUT2D eigenvalue weighted by Gasteiger charge is -2.29. The quantitative estimate of drug-likeness (QED) is 0.788. The van der Waals surface area contributed by atoms with Gasteiger partial charge in [0, 0.05) is 19.1 Å². The molecule has 0 aromatic heterocycles. The van der Waals surface area contributed by atoms with Crippen molar-refractivity contribution in [1.82, 2.24) is 10.2 Å². The van der Waals surface area contributed by atoms with Gasteiger partial charge in [-0.05, 0) is 52.4 Å². The fourth-order valence-electron chi connectivity index (χ4n) is 2.37. The molecule has 0 aliphatic rings. The van der Waals surface area contributed by atoms with E-state index in [1.807, 2.05) is 25.9 Å². The third-order valence-corrected chi connectivity index (χ3v) is 3.28. The summed E-state index contributed by atoms with van der Waals surface area (Å²) in [5, 5.41) is 13.7. The minimum Gasteiger partial charge on any atom is -0.388 e. The molecule has 3 heteroatoms. The first-order chi connectivity index (χ1) is 8.80. The lowest BCUT2D eigenvalue weighted by molar-refractivity contribution is 0.0318. The number of rotatable bonds is 7. The molecule has 0 spiro atoms. The van der Waals surface area contributed by atoms with Crippen molar-refractivity contribution in [2.75, 3.05) is 27.2 Å². The number of nitrogens with zero attached hydrogens (tertiary/aromatic N) is 1. The molecule has 0 aliphatic heterocycles. The Bertz CT molecular complexity index is 388. The smallest absolute Gasteiger partial charge is 0.0869 e. The van der Waals surface area contributed by atoms with Gasteiger partial charge in [-0.25, -0.2) is 0 Å². The second kappa shape index (κ2) is 7.04. The summed E-state index contributed by atoms with van der Waals surface area (Å²) in [6, 6.07) is 8.82. The molecule has 0 aliphatic carbocycles. The zero-order chi connectivity index (χ0) is 14.5. The molecule has 0 radical (unpaired) electrons. The molecule has 0 amide bonds. The molecule has 1 aromatic rings. The number of hydrogen-bond acceptors (Lipinski definition) is 3. The zero-order valence-corrected chi connectivity index (χ0v) is 12.9. The van der Waals surface area contributed by atoms with Crippen LogP contribution in [0.3, 0.4) is 0 Å². The molecule has 1 aromatic carbocycles. The molecule has 1 rings (SSSR count). The third kappa shape index (κ3) is 6.19. The topological polar surface area (TPSA) is 35.5 Å². The van der Waals surface area contributed by atoms with Gasteiger partial charge in [0.2, 0.25) is 0 Å². The molecule has 0 saturated heterocycles. The fourth-order valence-corrected chi connectivity index (χ4v) is 2.37. The van der Waals surface area contributed by atoms with Gasteiger partial charge in [-0.3, -0.25) is 0 Å². The van der Waals surface area contributed by atoms with Crippen LogP contribution in [0.1, 0.15) is 25.0 Å². The van der Waals surface area contributed by atoms with Crippen LogP contribution in [0.15, 0.2) is 24.3 Å². The molecule has 2 N–H and O–H groups in total. The van der Waals surface area contributed by atoms with E-state index in [1.54, 1.807) is 0 Å². The van der Waals surface area contributed by atoms with Crippen LogP contribution in [0.2, 0.25) is 0 Å². The molecule has 0 fully saturated rings. The highest BCUT2D eigenvalue weighted by atomic mass is 16.3. The van der Waals surface area contributed by atoms with Crippen LogP contribution in [-0.4, -0.2) is 48.8 Å². The highest BCUT2D eigenvalue weighted by molar-refractivity contribution is 5.26. The van der Waals surface area contributed by atoms with E-state index in [4.69, 9.17) is 0 Å². The molecule has 19 heavy (non-hydrogen) atoms. The Labute approximate surface area is 117 Å². The average Bonchev–Trinajstić information content (AvgIpc) is 2.28. The van der Waals surface area contributed by atoms with E-state index >= 15 is 0 Å². The fraction of sp³-hybridized carbons (Fsp3) is 0.625. The second-order valence-electron chi connectivity index (χ2n) is 6.15. The normalized spacial score (nSPS) is 16.4. The summed E-state index contributed by atoms with van der Waals surface area (Å²) in [6.45, 7) is 7.46. The average molecular weight is 264 g/mol. The maximum atomic E-state index is 10.3. The van der Waals surface area contributed by atoms with Crippen LogP contribution in [0.25, 0.3) is 0 Å². The molecular formula is C16H28N2O. The number of benzene rings is 1. The Morgan fingerprint density at radius 1 is 1.32 bits per heavy atom. The highest BCUT2D eigenvalue weighted by Crippen LogP contribution is 2.10. The van der Waals surface area contributed by atoms with E-state index in [-0.39, 0.29) is 0 Å². The van der Waals surface area contributed by atoms with Gasteiger partial charge in [-0.15, -0.1) is 0 Å². The lowest BCUT2D eigenvalue weighted by Crippen LogP contribution is -2.48. The molecule has 2 unspecified atom stereocenters. The molecule has 108 valence electrons. The first kappa shape index (κ1) is 16.2. The van der Waals surface area contributed by atoms with E-state index in [0.29, 0.717) is 19.1 Å². The number of nitrogens with one attached hydrogen (secondary N) is 1. The van der Waals surface area contributed by atoms with Crippen molar-refractivity contribution in [1.29, 1.82) is 0 Å². The molecular weight excluding hydrogens is 236 g/mol. The van der Waals surface area contributed by atoms with Crippen LogP contribution in [0.5, 0.6) is 0 Å². The van der Waals surface area contributed by atoms with Crippen molar-refractivity contribution in [3.8, 4) is 0 Å². The largest absolute Gasteiger partial charge is 0.388 e. The van der Waals surface area contributed by atoms with Crippen molar-refractivity contribution >= 4 is 0 Å². The summed E-state index contributed by atoms with van der Waals surface area (Å²) in [5.74, 6) is 0. The maximum absolute atomic E-state index is 10.3. The molecule has 0 saturated carbocycles. The minimum atomic E-state index is -0.691. The lowest BCUT2D eigenvalue weighted by atomic mass is 10.0. The Hall–Kier alpha value is -0.900. The van der Waals surface area contributed by atoms with Crippen molar-refractivity contribution in [3.63, 3.8) is 0 Å². The summed E-state index contributed by atoms with van der Waals surface area (Å²) in [4.78, 5) is 2.01. The van der Waals surface area contributed by atoms with Crippen LogP contribution in [-0.2, 0) is 6.42 Å². The Morgan fingerprint density at radius 3 is 2.53 bits per heavy atom. The van der Waals surface area contributed by atoms with Crippen LogP contribution in [0, 0.1) is 6.92 Å². The van der Waals surface area contributed by atoms with Gasteiger partial charge in [0.25, 0.3) is 0 Å². The van der Waals surface area contributed by atoms with Crippen LogP contribution < -0.4 is 5.32 Å². The van der Waals surface area contributed by atoms with Crippen LogP contribution in [0.4, 0.5) is 0 Å². The van der Waals surface area contributed by atoms with Crippen molar-refractivity contribution < 1.29 is 5.11 Å². The van der Waals surface area contributed by atoms with Gasteiger partial charge in [-0.1, -0.05) is 24.3 Å². The summed E-state index contributed by atoms with van der Waals surface area (Å²) in [7, 11) is 3.95. The molecule has 2 atom stereocenters. The summed E-state index contributed by atoms with van der Waals surface area (Å²) >= 11 is 0. The minimum absolute atomic E-state index is 0.356. The Morgan fingerprint density at radius 2 is 1.95 bits per heavy atom. The first-order valence-electron chi connectivity index (χ1n) is 6.95. The number of likely N-dealkylation sites (N-methyl/N-ethyl adjacent to an activating group) is 1. The highest BCUT2D eigenvalue weighted by Gasteiger charge is 2.21. The van der Waals surface area contributed by atoms with Crippen LogP contribution >= 0.6 is 0 Å². The molecule has 0 heterocycles. The number of hydrogen-bond donors (Lipinski definition) is 2. The maximum Gasteiger partial charge on any atom is 0.0869 e. The predicted octanol–water partition coefficient (Wildman–Crippen LogP) is 1.83. The van der Waals surface area contributed by atoms with Gasteiger partial charge in [0.1, 0.15) is 0 Å². The Kier molecular flexibility index (Phi) is 5.98. The summed E-state index contributed by atoms with van der Waals surface area (Å²) in [6.07, 6.45) is 0.991. The third-order valence-electron chi connectivity index (χ3n) is 3.28. The van der Waals surface area contributed by atoms with E-state index in [2.05, 4.69) is 43.4 Å². The number of aryl methyl sites for hydroxylation is 1. The van der Waals surface area contributed by atoms with E-state index in [0.717, 1.165) is 6.42 Å². The standard InChI is InChI=1S/C16H28N2O/c1-13-8-6-7-9-15(13)10-14(2)17-11-16(3,19)12-18(4)5/h6-9,14,17,19H,10-12H2,1-5H3. The summed E-state index contributed by atoms with van der Waals surface area (Å²) in [5.41, 5.74) is 2.01. The SMILES string of the molecule is Cc1ccccc1CC(C)NCC(C)(O)CN(C)C.